The van der Waals surface area contributed by atoms with E-state index >= 15 is 0 Å². The Morgan fingerprint density at radius 3 is 3.21 bits per heavy atom. The van der Waals surface area contributed by atoms with Gasteiger partial charge in [-0.3, -0.25) is 0 Å². The predicted molar refractivity (Wildman–Crippen MR) is 82.1 cm³/mol. The van der Waals surface area contributed by atoms with Crippen molar-refractivity contribution in [2.24, 2.45) is 0 Å². The van der Waals surface area contributed by atoms with Gasteiger partial charge in [0.1, 0.15) is 5.82 Å². The first-order valence-corrected chi connectivity index (χ1v) is 7.75. The SMILES string of the molecule is CCCNCC1COCCN1c1ncc(Cl)cc1Br. The highest BCUT2D eigenvalue weighted by Crippen LogP contribution is 2.28. The molecule has 1 saturated heterocycles. The molecule has 1 aliphatic rings. The maximum absolute atomic E-state index is 5.95. The van der Waals surface area contributed by atoms with E-state index in [1.165, 1.54) is 0 Å². The third-order valence-corrected chi connectivity index (χ3v) is 3.88. The molecule has 0 saturated carbocycles. The first-order valence-electron chi connectivity index (χ1n) is 6.58. The van der Waals surface area contributed by atoms with Crippen molar-refractivity contribution in [2.45, 2.75) is 19.4 Å². The number of nitrogens with zero attached hydrogens (tertiary/aromatic N) is 2. The standard InChI is InChI=1S/C13H19BrClN3O/c1-2-3-16-8-11-9-19-5-4-18(11)13-12(14)6-10(15)7-17-13/h6-7,11,16H,2-5,8-9H2,1H3. The van der Waals surface area contributed by atoms with Gasteiger partial charge in [-0.1, -0.05) is 18.5 Å². The number of rotatable bonds is 5. The highest BCUT2D eigenvalue weighted by molar-refractivity contribution is 9.10. The molecule has 0 radical (unpaired) electrons. The molecule has 1 aliphatic heterocycles. The number of pyridine rings is 1. The second-order valence-electron chi connectivity index (χ2n) is 4.59. The molecule has 1 aromatic rings. The summed E-state index contributed by atoms with van der Waals surface area (Å²) in [6.45, 7) is 6.42. The van der Waals surface area contributed by atoms with E-state index in [1.54, 1.807) is 6.20 Å². The van der Waals surface area contributed by atoms with Crippen molar-refractivity contribution in [3.63, 3.8) is 0 Å². The van der Waals surface area contributed by atoms with Crippen molar-refractivity contribution in [1.82, 2.24) is 10.3 Å². The first-order chi connectivity index (χ1) is 9.22. The van der Waals surface area contributed by atoms with E-state index in [0.717, 1.165) is 49.6 Å². The maximum Gasteiger partial charge on any atom is 0.143 e. The minimum Gasteiger partial charge on any atom is -0.377 e. The summed E-state index contributed by atoms with van der Waals surface area (Å²) in [5.41, 5.74) is 0. The predicted octanol–water partition coefficient (Wildman–Crippen LogP) is 2.70. The lowest BCUT2D eigenvalue weighted by atomic mass is 10.2. The Balaban J connectivity index is 2.09. The number of halogens is 2. The van der Waals surface area contributed by atoms with Crippen molar-refractivity contribution in [2.75, 3.05) is 37.7 Å². The van der Waals surface area contributed by atoms with Crippen LogP contribution in [0.2, 0.25) is 5.02 Å². The van der Waals surface area contributed by atoms with Crippen molar-refractivity contribution < 1.29 is 4.74 Å². The lowest BCUT2D eigenvalue weighted by Crippen LogP contribution is -2.51. The van der Waals surface area contributed by atoms with E-state index in [-0.39, 0.29) is 0 Å². The molecule has 1 N–H and O–H groups in total. The quantitative estimate of drug-likeness (QED) is 0.830. The van der Waals surface area contributed by atoms with Crippen molar-refractivity contribution in [3.8, 4) is 0 Å². The van der Waals surface area contributed by atoms with Crippen molar-refractivity contribution >= 4 is 33.3 Å². The molecule has 0 bridgehead atoms. The number of aromatic nitrogens is 1. The Morgan fingerprint density at radius 1 is 1.63 bits per heavy atom. The summed E-state index contributed by atoms with van der Waals surface area (Å²) in [5.74, 6) is 0.941. The average molecular weight is 349 g/mol. The molecule has 6 heteroatoms. The van der Waals surface area contributed by atoms with Crippen LogP contribution in [0.25, 0.3) is 0 Å². The van der Waals surface area contributed by atoms with E-state index < -0.39 is 0 Å². The molecule has 19 heavy (non-hydrogen) atoms. The molecule has 2 rings (SSSR count). The molecular weight excluding hydrogens is 330 g/mol. The number of hydrogen-bond acceptors (Lipinski definition) is 4. The number of ether oxygens (including phenoxy) is 1. The van der Waals surface area contributed by atoms with Crippen LogP contribution >= 0.6 is 27.5 Å². The average Bonchev–Trinajstić information content (AvgIpc) is 2.40. The third-order valence-electron chi connectivity index (χ3n) is 3.09. The van der Waals surface area contributed by atoms with Gasteiger partial charge in [0.15, 0.2) is 0 Å². The van der Waals surface area contributed by atoms with Gasteiger partial charge < -0.3 is 15.0 Å². The Hall–Kier alpha value is -0.360. The summed E-state index contributed by atoms with van der Waals surface area (Å²) in [6.07, 6.45) is 2.82. The number of anilines is 1. The van der Waals surface area contributed by atoms with Gasteiger partial charge in [-0.2, -0.15) is 0 Å². The molecule has 106 valence electrons. The minimum absolute atomic E-state index is 0.310. The molecule has 1 aromatic heterocycles. The van der Waals surface area contributed by atoms with E-state index in [1.807, 2.05) is 6.07 Å². The second-order valence-corrected chi connectivity index (χ2v) is 5.88. The second kappa shape index (κ2) is 7.43. The van der Waals surface area contributed by atoms with E-state index in [4.69, 9.17) is 16.3 Å². The summed E-state index contributed by atoms with van der Waals surface area (Å²) >= 11 is 9.49. The van der Waals surface area contributed by atoms with E-state index in [2.05, 4.69) is 38.1 Å². The van der Waals surface area contributed by atoms with Gasteiger partial charge in [0.25, 0.3) is 0 Å². The van der Waals surface area contributed by atoms with Crippen LogP contribution in [0.4, 0.5) is 5.82 Å². The normalized spacial score (nSPS) is 19.7. The zero-order chi connectivity index (χ0) is 13.7. The molecule has 0 aromatic carbocycles. The van der Waals surface area contributed by atoms with Crippen LogP contribution in [-0.2, 0) is 4.74 Å². The summed E-state index contributed by atoms with van der Waals surface area (Å²) in [4.78, 5) is 6.73. The Kier molecular flexibility index (Phi) is 5.88. The fourth-order valence-corrected chi connectivity index (χ4v) is 3.03. The van der Waals surface area contributed by atoms with E-state index in [0.29, 0.717) is 11.1 Å². The van der Waals surface area contributed by atoms with Gasteiger partial charge in [0.2, 0.25) is 0 Å². The lowest BCUT2D eigenvalue weighted by molar-refractivity contribution is 0.0933. The summed E-state index contributed by atoms with van der Waals surface area (Å²) < 4.78 is 6.51. The molecule has 4 nitrogen and oxygen atoms in total. The van der Waals surface area contributed by atoms with Crippen molar-refractivity contribution in [3.05, 3.63) is 21.8 Å². The van der Waals surface area contributed by atoms with Gasteiger partial charge >= 0.3 is 0 Å². The van der Waals surface area contributed by atoms with Crippen LogP contribution in [0.3, 0.4) is 0 Å². The zero-order valence-electron chi connectivity index (χ0n) is 11.0. The third kappa shape index (κ3) is 4.05. The summed E-state index contributed by atoms with van der Waals surface area (Å²) in [7, 11) is 0. The van der Waals surface area contributed by atoms with Gasteiger partial charge in [-0.05, 0) is 35.0 Å². The zero-order valence-corrected chi connectivity index (χ0v) is 13.4. The molecule has 0 amide bonds. The smallest absolute Gasteiger partial charge is 0.143 e. The number of hydrogen-bond donors (Lipinski definition) is 1. The molecule has 0 aliphatic carbocycles. The van der Waals surface area contributed by atoms with Crippen LogP contribution < -0.4 is 10.2 Å². The Morgan fingerprint density at radius 2 is 2.47 bits per heavy atom. The fraction of sp³-hybridized carbons (Fsp3) is 0.615. The summed E-state index contributed by atoms with van der Waals surface area (Å²) in [5, 5.41) is 4.09. The van der Waals surface area contributed by atoms with Crippen molar-refractivity contribution in [1.29, 1.82) is 0 Å². The lowest BCUT2D eigenvalue weighted by Gasteiger charge is -2.37. The van der Waals surface area contributed by atoms with Crippen LogP contribution in [-0.4, -0.2) is 43.9 Å². The maximum atomic E-state index is 5.95. The van der Waals surface area contributed by atoms with Crippen LogP contribution in [0.1, 0.15) is 13.3 Å². The monoisotopic (exact) mass is 347 g/mol. The molecule has 1 fully saturated rings. The largest absolute Gasteiger partial charge is 0.377 e. The van der Waals surface area contributed by atoms with E-state index in [9.17, 15) is 0 Å². The summed E-state index contributed by atoms with van der Waals surface area (Å²) in [6, 6.07) is 2.20. The van der Waals surface area contributed by atoms with Gasteiger partial charge in [-0.25, -0.2) is 4.98 Å². The van der Waals surface area contributed by atoms with Crippen LogP contribution in [0, 0.1) is 0 Å². The van der Waals surface area contributed by atoms with Crippen LogP contribution in [0.15, 0.2) is 16.7 Å². The fourth-order valence-electron chi connectivity index (χ4n) is 2.17. The number of morpholine rings is 1. The minimum atomic E-state index is 0.310. The van der Waals surface area contributed by atoms with Gasteiger partial charge in [0.05, 0.1) is 28.8 Å². The van der Waals surface area contributed by atoms with Gasteiger partial charge in [0, 0.05) is 19.3 Å². The first kappa shape index (κ1) is 15.0. The van der Waals surface area contributed by atoms with Gasteiger partial charge in [-0.15, -0.1) is 0 Å². The molecule has 0 spiro atoms. The Bertz CT molecular complexity index is 419. The molecule has 1 unspecified atom stereocenters. The molecular formula is C13H19BrClN3O. The molecule has 1 atom stereocenters. The number of nitrogens with one attached hydrogen (secondary N) is 1. The highest BCUT2D eigenvalue weighted by Gasteiger charge is 2.25. The van der Waals surface area contributed by atoms with Crippen LogP contribution in [0.5, 0.6) is 0 Å². The topological polar surface area (TPSA) is 37.4 Å². The highest BCUT2D eigenvalue weighted by atomic mass is 79.9. The Labute approximate surface area is 127 Å². The molecule has 2 heterocycles.